The van der Waals surface area contributed by atoms with Crippen LogP contribution in [0.1, 0.15) is 12.5 Å². The van der Waals surface area contributed by atoms with Crippen LogP contribution in [-0.2, 0) is 6.42 Å². The van der Waals surface area contributed by atoms with Gasteiger partial charge in [-0.05, 0) is 61.6 Å². The molecule has 2 N–H and O–H groups in total. The van der Waals surface area contributed by atoms with Gasteiger partial charge in [0, 0.05) is 16.0 Å². The first-order chi connectivity index (χ1) is 9.58. The van der Waals surface area contributed by atoms with E-state index in [1.54, 1.807) is 11.8 Å². The van der Waals surface area contributed by atoms with Crippen LogP contribution < -0.4 is 10.5 Å². The molecular weight excluding hydrogens is 290 g/mol. The molecule has 0 aliphatic rings. The van der Waals surface area contributed by atoms with Gasteiger partial charge in [-0.1, -0.05) is 17.7 Å². The average Bonchev–Trinajstić information content (AvgIpc) is 2.42. The zero-order valence-corrected chi connectivity index (χ0v) is 13.2. The van der Waals surface area contributed by atoms with Crippen molar-refractivity contribution in [1.29, 1.82) is 0 Å². The highest BCUT2D eigenvalue weighted by Crippen LogP contribution is 2.30. The van der Waals surface area contributed by atoms with Crippen LogP contribution in [0.2, 0.25) is 5.02 Å². The SMILES string of the molecule is CSc1ccc(Oc2cc(Cl)ccc2CC(C)N)cc1. The average molecular weight is 308 g/mol. The molecule has 2 rings (SSSR count). The highest BCUT2D eigenvalue weighted by molar-refractivity contribution is 7.98. The molecule has 0 bridgehead atoms. The van der Waals surface area contributed by atoms with E-state index in [4.69, 9.17) is 22.1 Å². The molecule has 0 fully saturated rings. The zero-order valence-electron chi connectivity index (χ0n) is 11.6. The van der Waals surface area contributed by atoms with Crippen LogP contribution in [0.15, 0.2) is 47.4 Å². The minimum Gasteiger partial charge on any atom is -0.457 e. The van der Waals surface area contributed by atoms with E-state index in [-0.39, 0.29) is 6.04 Å². The van der Waals surface area contributed by atoms with Crippen LogP contribution in [0.5, 0.6) is 11.5 Å². The minimum absolute atomic E-state index is 0.0809. The largest absolute Gasteiger partial charge is 0.457 e. The molecule has 0 amide bonds. The normalized spacial score (nSPS) is 12.2. The number of halogens is 1. The van der Waals surface area contributed by atoms with Gasteiger partial charge >= 0.3 is 0 Å². The van der Waals surface area contributed by atoms with Gasteiger partial charge in [-0.3, -0.25) is 0 Å². The molecule has 106 valence electrons. The van der Waals surface area contributed by atoms with E-state index in [0.717, 1.165) is 23.5 Å². The quantitative estimate of drug-likeness (QED) is 0.810. The van der Waals surface area contributed by atoms with Gasteiger partial charge in [-0.25, -0.2) is 0 Å². The molecule has 0 radical (unpaired) electrons. The van der Waals surface area contributed by atoms with Crippen molar-refractivity contribution >= 4 is 23.4 Å². The number of ether oxygens (including phenoxy) is 1. The first-order valence-electron chi connectivity index (χ1n) is 6.44. The number of thioether (sulfide) groups is 1. The van der Waals surface area contributed by atoms with Gasteiger partial charge in [0.1, 0.15) is 11.5 Å². The second-order valence-corrected chi connectivity index (χ2v) is 6.03. The first-order valence-corrected chi connectivity index (χ1v) is 8.04. The third-order valence-electron chi connectivity index (χ3n) is 2.86. The Kier molecular flexibility index (Phi) is 5.35. The highest BCUT2D eigenvalue weighted by atomic mass is 35.5. The lowest BCUT2D eigenvalue weighted by atomic mass is 10.1. The van der Waals surface area contributed by atoms with Gasteiger partial charge in [-0.2, -0.15) is 0 Å². The third kappa shape index (κ3) is 4.17. The summed E-state index contributed by atoms with van der Waals surface area (Å²) in [4.78, 5) is 1.21. The summed E-state index contributed by atoms with van der Waals surface area (Å²) in [6.45, 7) is 1.98. The molecule has 0 aromatic heterocycles. The van der Waals surface area contributed by atoms with Crippen molar-refractivity contribution in [2.45, 2.75) is 24.3 Å². The van der Waals surface area contributed by atoms with Crippen molar-refractivity contribution < 1.29 is 4.74 Å². The lowest BCUT2D eigenvalue weighted by molar-refractivity contribution is 0.473. The van der Waals surface area contributed by atoms with Crippen molar-refractivity contribution in [1.82, 2.24) is 0 Å². The maximum atomic E-state index is 6.05. The monoisotopic (exact) mass is 307 g/mol. The second kappa shape index (κ2) is 7.02. The summed E-state index contributed by atoms with van der Waals surface area (Å²) in [5.41, 5.74) is 6.94. The Balaban J connectivity index is 2.24. The van der Waals surface area contributed by atoms with E-state index in [1.165, 1.54) is 4.90 Å². The number of rotatable bonds is 5. The molecule has 2 nitrogen and oxygen atoms in total. The van der Waals surface area contributed by atoms with Crippen molar-refractivity contribution in [2.75, 3.05) is 6.26 Å². The van der Waals surface area contributed by atoms with E-state index < -0.39 is 0 Å². The summed E-state index contributed by atoms with van der Waals surface area (Å²) < 4.78 is 5.94. The highest BCUT2D eigenvalue weighted by Gasteiger charge is 2.08. The minimum atomic E-state index is 0.0809. The van der Waals surface area contributed by atoms with Crippen LogP contribution in [0, 0.1) is 0 Å². The molecule has 4 heteroatoms. The van der Waals surface area contributed by atoms with Crippen molar-refractivity contribution in [3.05, 3.63) is 53.1 Å². The van der Waals surface area contributed by atoms with Crippen LogP contribution in [-0.4, -0.2) is 12.3 Å². The first kappa shape index (κ1) is 15.2. The van der Waals surface area contributed by atoms with E-state index >= 15 is 0 Å². The summed E-state index contributed by atoms with van der Waals surface area (Å²) in [7, 11) is 0. The van der Waals surface area contributed by atoms with Crippen LogP contribution in [0.4, 0.5) is 0 Å². The zero-order chi connectivity index (χ0) is 14.5. The molecule has 0 spiro atoms. The molecule has 1 unspecified atom stereocenters. The molecular formula is C16H18ClNOS. The fourth-order valence-electron chi connectivity index (χ4n) is 1.91. The Morgan fingerprint density at radius 3 is 2.50 bits per heavy atom. The topological polar surface area (TPSA) is 35.2 Å². The van der Waals surface area contributed by atoms with Gasteiger partial charge < -0.3 is 10.5 Å². The van der Waals surface area contributed by atoms with Crippen LogP contribution >= 0.6 is 23.4 Å². The van der Waals surface area contributed by atoms with Gasteiger partial charge in [-0.15, -0.1) is 11.8 Å². The van der Waals surface area contributed by atoms with Gasteiger partial charge in [0.2, 0.25) is 0 Å². The van der Waals surface area contributed by atoms with E-state index in [0.29, 0.717) is 5.02 Å². The van der Waals surface area contributed by atoms with E-state index in [1.807, 2.05) is 55.6 Å². The Morgan fingerprint density at radius 2 is 1.90 bits per heavy atom. The molecule has 0 heterocycles. The lowest BCUT2D eigenvalue weighted by Crippen LogP contribution is -2.18. The van der Waals surface area contributed by atoms with Crippen LogP contribution in [0.3, 0.4) is 0 Å². The molecule has 2 aromatic carbocycles. The maximum absolute atomic E-state index is 6.05. The summed E-state index contributed by atoms with van der Waals surface area (Å²) >= 11 is 7.76. The molecule has 20 heavy (non-hydrogen) atoms. The maximum Gasteiger partial charge on any atom is 0.132 e. The predicted octanol–water partition coefficient (Wildman–Crippen LogP) is 4.74. The van der Waals surface area contributed by atoms with E-state index in [9.17, 15) is 0 Å². The lowest BCUT2D eigenvalue weighted by Gasteiger charge is -2.13. The predicted molar refractivity (Wildman–Crippen MR) is 87.1 cm³/mol. The van der Waals surface area contributed by atoms with Gasteiger partial charge in [0.05, 0.1) is 0 Å². The summed E-state index contributed by atoms with van der Waals surface area (Å²) in [6, 6.07) is 13.7. The van der Waals surface area contributed by atoms with Gasteiger partial charge in [0.15, 0.2) is 0 Å². The third-order valence-corrected chi connectivity index (χ3v) is 3.84. The molecule has 1 atom stereocenters. The Labute approximate surface area is 129 Å². The standard InChI is InChI=1S/C16H18ClNOS/c1-11(18)9-12-3-4-13(17)10-16(12)19-14-5-7-15(20-2)8-6-14/h3-8,10-11H,9,18H2,1-2H3. The molecule has 2 aromatic rings. The molecule has 0 aliphatic heterocycles. The molecule has 0 saturated carbocycles. The number of hydrogen-bond acceptors (Lipinski definition) is 3. The molecule has 0 aliphatic carbocycles. The molecule has 0 saturated heterocycles. The smallest absolute Gasteiger partial charge is 0.132 e. The van der Waals surface area contributed by atoms with Crippen molar-refractivity contribution in [2.24, 2.45) is 5.73 Å². The van der Waals surface area contributed by atoms with E-state index in [2.05, 4.69) is 0 Å². The summed E-state index contributed by atoms with van der Waals surface area (Å²) in [5.74, 6) is 1.57. The van der Waals surface area contributed by atoms with Gasteiger partial charge in [0.25, 0.3) is 0 Å². The fraction of sp³-hybridized carbons (Fsp3) is 0.250. The van der Waals surface area contributed by atoms with Crippen molar-refractivity contribution in [3.8, 4) is 11.5 Å². The second-order valence-electron chi connectivity index (χ2n) is 4.71. The number of hydrogen-bond donors (Lipinski definition) is 1. The summed E-state index contributed by atoms with van der Waals surface area (Å²) in [6.07, 6.45) is 2.81. The van der Waals surface area contributed by atoms with Crippen LogP contribution in [0.25, 0.3) is 0 Å². The fourth-order valence-corrected chi connectivity index (χ4v) is 2.48. The summed E-state index contributed by atoms with van der Waals surface area (Å²) in [5, 5.41) is 0.661. The number of benzene rings is 2. The Morgan fingerprint density at radius 1 is 1.20 bits per heavy atom. The Bertz CT molecular complexity index is 569. The Hall–Kier alpha value is -1.16. The van der Waals surface area contributed by atoms with Crippen molar-refractivity contribution in [3.63, 3.8) is 0 Å². The number of nitrogens with two attached hydrogens (primary N) is 1.